The number of fused-ring (bicyclic) bond motifs is 1. The maximum Gasteiger partial charge on any atom is 0.260 e. The maximum atomic E-state index is 13.6. The van der Waals surface area contributed by atoms with Gasteiger partial charge < -0.3 is 9.47 Å². The molecule has 0 atom stereocenters. The summed E-state index contributed by atoms with van der Waals surface area (Å²) in [7, 11) is 1.63. The van der Waals surface area contributed by atoms with Crippen LogP contribution in [0.25, 0.3) is 10.2 Å². The molecule has 0 aliphatic rings. The van der Waals surface area contributed by atoms with Crippen LogP contribution in [0.4, 0.5) is 5.13 Å². The molecule has 32 heavy (non-hydrogen) atoms. The first-order valence-electron chi connectivity index (χ1n) is 10.6. The van der Waals surface area contributed by atoms with Gasteiger partial charge in [-0.3, -0.25) is 14.7 Å². The summed E-state index contributed by atoms with van der Waals surface area (Å²) in [5, 5.41) is 0.624. The minimum absolute atomic E-state index is 0.138. The smallest absolute Gasteiger partial charge is 0.260 e. The number of benzene rings is 2. The SMILES string of the molecule is CCCCOc1cccc(C(=O)N(Cc2cccnc2)c2nc3cc(OC)ccc3s2)c1. The highest BCUT2D eigenvalue weighted by Crippen LogP contribution is 2.33. The van der Waals surface area contributed by atoms with E-state index in [0.717, 1.165) is 34.4 Å². The standard InChI is InChI=1S/C25H25N3O3S/c1-3-4-13-31-21-9-5-8-19(14-21)24(29)28(17-18-7-6-12-26-16-18)25-27-22-15-20(30-2)10-11-23(22)32-25/h5-12,14-16H,3-4,13,17H2,1-2H3. The molecule has 2 aromatic heterocycles. The number of hydrogen-bond donors (Lipinski definition) is 0. The first kappa shape index (κ1) is 21.8. The van der Waals surface area contributed by atoms with Gasteiger partial charge in [0.05, 0.1) is 30.5 Å². The summed E-state index contributed by atoms with van der Waals surface area (Å²) in [6, 6.07) is 16.9. The number of methoxy groups -OCH3 is 1. The number of carbonyl (C=O) groups is 1. The van der Waals surface area contributed by atoms with E-state index in [0.29, 0.717) is 29.6 Å². The monoisotopic (exact) mass is 447 g/mol. The molecule has 0 fully saturated rings. The zero-order valence-electron chi connectivity index (χ0n) is 18.2. The second-order valence-corrected chi connectivity index (χ2v) is 8.32. The van der Waals surface area contributed by atoms with Gasteiger partial charge in [0.1, 0.15) is 11.5 Å². The lowest BCUT2D eigenvalue weighted by atomic mass is 10.1. The predicted octanol–water partition coefficient (Wildman–Crippen LogP) is 5.73. The van der Waals surface area contributed by atoms with Crippen LogP contribution >= 0.6 is 11.3 Å². The third kappa shape index (κ3) is 5.06. The fraction of sp³-hybridized carbons (Fsp3) is 0.240. The molecule has 2 aromatic carbocycles. The predicted molar refractivity (Wildman–Crippen MR) is 128 cm³/mol. The lowest BCUT2D eigenvalue weighted by Crippen LogP contribution is -2.30. The van der Waals surface area contributed by atoms with Crippen molar-refractivity contribution >= 4 is 32.6 Å². The number of nitrogens with zero attached hydrogens (tertiary/aromatic N) is 3. The van der Waals surface area contributed by atoms with Crippen LogP contribution in [-0.4, -0.2) is 29.6 Å². The Morgan fingerprint density at radius 1 is 1.09 bits per heavy atom. The van der Waals surface area contributed by atoms with Crippen molar-refractivity contribution in [1.82, 2.24) is 9.97 Å². The fourth-order valence-electron chi connectivity index (χ4n) is 3.25. The van der Waals surface area contributed by atoms with E-state index in [1.807, 2.05) is 48.5 Å². The highest BCUT2D eigenvalue weighted by molar-refractivity contribution is 7.22. The molecule has 1 amide bonds. The lowest BCUT2D eigenvalue weighted by molar-refractivity contribution is 0.0984. The van der Waals surface area contributed by atoms with Gasteiger partial charge in [-0.2, -0.15) is 0 Å². The minimum Gasteiger partial charge on any atom is -0.497 e. The average Bonchev–Trinajstić information content (AvgIpc) is 3.26. The Morgan fingerprint density at radius 3 is 2.78 bits per heavy atom. The first-order valence-corrected chi connectivity index (χ1v) is 11.4. The minimum atomic E-state index is -0.138. The van der Waals surface area contributed by atoms with Gasteiger partial charge in [0.15, 0.2) is 5.13 Å². The van der Waals surface area contributed by atoms with Crippen molar-refractivity contribution in [3.8, 4) is 11.5 Å². The van der Waals surface area contributed by atoms with E-state index in [1.54, 1.807) is 30.5 Å². The molecule has 6 nitrogen and oxygen atoms in total. The van der Waals surface area contributed by atoms with E-state index in [2.05, 4.69) is 11.9 Å². The van der Waals surface area contributed by atoms with E-state index in [9.17, 15) is 4.79 Å². The van der Waals surface area contributed by atoms with Crippen LogP contribution in [0.5, 0.6) is 11.5 Å². The summed E-state index contributed by atoms with van der Waals surface area (Å²) in [5.41, 5.74) is 2.28. The highest BCUT2D eigenvalue weighted by atomic mass is 32.1. The number of rotatable bonds is 9. The summed E-state index contributed by atoms with van der Waals surface area (Å²) in [5.74, 6) is 1.29. The Balaban J connectivity index is 1.68. The Kier molecular flexibility index (Phi) is 6.97. The van der Waals surface area contributed by atoms with E-state index >= 15 is 0 Å². The van der Waals surface area contributed by atoms with Gasteiger partial charge >= 0.3 is 0 Å². The van der Waals surface area contributed by atoms with Crippen molar-refractivity contribution in [1.29, 1.82) is 0 Å². The van der Waals surface area contributed by atoms with Gasteiger partial charge in [-0.1, -0.05) is 36.8 Å². The van der Waals surface area contributed by atoms with E-state index in [4.69, 9.17) is 14.5 Å². The summed E-state index contributed by atoms with van der Waals surface area (Å²) in [6.45, 7) is 3.12. The molecule has 0 aliphatic heterocycles. The van der Waals surface area contributed by atoms with E-state index in [-0.39, 0.29) is 5.91 Å². The zero-order chi connectivity index (χ0) is 22.3. The molecular weight excluding hydrogens is 422 g/mol. The number of thiazole rings is 1. The molecule has 0 aliphatic carbocycles. The number of amides is 1. The van der Waals surface area contributed by atoms with Gasteiger partial charge in [0.25, 0.3) is 5.91 Å². The van der Waals surface area contributed by atoms with Gasteiger partial charge in [0.2, 0.25) is 0 Å². The number of pyridine rings is 1. The van der Waals surface area contributed by atoms with Crippen molar-refractivity contribution in [3.05, 3.63) is 78.1 Å². The van der Waals surface area contributed by atoms with Gasteiger partial charge in [0, 0.05) is 24.0 Å². The Labute approximate surface area is 191 Å². The topological polar surface area (TPSA) is 64.5 Å². The molecule has 7 heteroatoms. The van der Waals surface area contributed by atoms with Crippen molar-refractivity contribution in [2.45, 2.75) is 26.3 Å². The zero-order valence-corrected chi connectivity index (χ0v) is 19.0. The second kappa shape index (κ2) is 10.2. The molecule has 0 unspecified atom stereocenters. The van der Waals surface area contributed by atoms with Gasteiger partial charge in [-0.15, -0.1) is 0 Å². The molecule has 0 spiro atoms. The van der Waals surface area contributed by atoms with Crippen LogP contribution < -0.4 is 14.4 Å². The molecule has 2 heterocycles. The van der Waals surface area contributed by atoms with Gasteiger partial charge in [-0.05, 0) is 48.4 Å². The Bertz CT molecular complexity index is 1190. The van der Waals surface area contributed by atoms with Crippen LogP contribution in [0, 0.1) is 0 Å². The number of anilines is 1. The van der Waals surface area contributed by atoms with Gasteiger partial charge in [-0.25, -0.2) is 4.98 Å². The highest BCUT2D eigenvalue weighted by Gasteiger charge is 2.22. The fourth-order valence-corrected chi connectivity index (χ4v) is 4.19. The normalized spacial score (nSPS) is 10.8. The molecule has 164 valence electrons. The largest absolute Gasteiger partial charge is 0.497 e. The van der Waals surface area contributed by atoms with Crippen LogP contribution in [0.15, 0.2) is 67.0 Å². The Morgan fingerprint density at radius 2 is 2.00 bits per heavy atom. The van der Waals surface area contributed by atoms with Crippen molar-refractivity contribution in [2.75, 3.05) is 18.6 Å². The van der Waals surface area contributed by atoms with E-state index < -0.39 is 0 Å². The molecule has 0 N–H and O–H groups in total. The number of carbonyl (C=O) groups excluding carboxylic acids is 1. The number of unbranched alkanes of at least 4 members (excludes halogenated alkanes) is 1. The quantitative estimate of drug-likeness (QED) is 0.307. The molecule has 0 radical (unpaired) electrons. The summed E-state index contributed by atoms with van der Waals surface area (Å²) in [6.07, 6.45) is 5.51. The maximum absolute atomic E-state index is 13.6. The third-order valence-corrected chi connectivity index (χ3v) is 6.03. The summed E-state index contributed by atoms with van der Waals surface area (Å²) < 4.78 is 12.1. The molecule has 0 bridgehead atoms. The summed E-state index contributed by atoms with van der Waals surface area (Å²) in [4.78, 5) is 24.3. The van der Waals surface area contributed by atoms with Crippen LogP contribution in [0.3, 0.4) is 0 Å². The third-order valence-electron chi connectivity index (χ3n) is 4.97. The number of aromatic nitrogens is 2. The lowest BCUT2D eigenvalue weighted by Gasteiger charge is -2.20. The second-order valence-electron chi connectivity index (χ2n) is 7.31. The van der Waals surface area contributed by atoms with Crippen LogP contribution in [-0.2, 0) is 6.54 Å². The average molecular weight is 448 g/mol. The number of ether oxygens (including phenoxy) is 2. The summed E-state index contributed by atoms with van der Waals surface area (Å²) >= 11 is 1.47. The van der Waals surface area contributed by atoms with Crippen molar-refractivity contribution in [2.24, 2.45) is 0 Å². The first-order chi connectivity index (χ1) is 15.7. The Hall–Kier alpha value is -3.45. The molecule has 0 saturated carbocycles. The van der Waals surface area contributed by atoms with Crippen molar-refractivity contribution < 1.29 is 14.3 Å². The van der Waals surface area contributed by atoms with Crippen LogP contribution in [0.2, 0.25) is 0 Å². The molecule has 0 saturated heterocycles. The molecular formula is C25H25N3O3S. The number of hydrogen-bond acceptors (Lipinski definition) is 6. The molecule has 4 aromatic rings. The van der Waals surface area contributed by atoms with E-state index in [1.165, 1.54) is 11.3 Å². The molecule has 4 rings (SSSR count). The van der Waals surface area contributed by atoms with Crippen LogP contribution in [0.1, 0.15) is 35.7 Å². The van der Waals surface area contributed by atoms with Crippen molar-refractivity contribution in [3.63, 3.8) is 0 Å².